The molecule has 2 atom stereocenters. The molecule has 0 amide bonds. The normalized spacial score (nSPS) is 22.2. The Labute approximate surface area is 129 Å². The SMILES string of the molecule is CCC1CCCC(OCCOc2cccc(CNC)c2)C1. The Morgan fingerprint density at radius 3 is 2.95 bits per heavy atom. The summed E-state index contributed by atoms with van der Waals surface area (Å²) in [5.74, 6) is 1.80. The van der Waals surface area contributed by atoms with Crippen molar-refractivity contribution in [1.29, 1.82) is 0 Å². The summed E-state index contributed by atoms with van der Waals surface area (Å²) in [6.07, 6.45) is 6.88. The van der Waals surface area contributed by atoms with Gasteiger partial charge in [-0.3, -0.25) is 0 Å². The van der Waals surface area contributed by atoms with E-state index in [-0.39, 0.29) is 0 Å². The second-order valence-corrected chi connectivity index (χ2v) is 5.96. The van der Waals surface area contributed by atoms with Gasteiger partial charge in [-0.2, -0.15) is 0 Å². The van der Waals surface area contributed by atoms with E-state index in [0.717, 1.165) is 18.2 Å². The first-order chi connectivity index (χ1) is 10.3. The fourth-order valence-corrected chi connectivity index (χ4v) is 3.09. The zero-order valence-electron chi connectivity index (χ0n) is 13.4. The molecular weight excluding hydrogens is 262 g/mol. The highest BCUT2D eigenvalue weighted by Gasteiger charge is 2.20. The lowest BCUT2D eigenvalue weighted by atomic mass is 9.85. The molecule has 118 valence electrons. The number of benzene rings is 1. The van der Waals surface area contributed by atoms with Gasteiger partial charge in [0, 0.05) is 6.54 Å². The van der Waals surface area contributed by atoms with E-state index in [2.05, 4.69) is 24.4 Å². The molecule has 0 aliphatic heterocycles. The van der Waals surface area contributed by atoms with Crippen LogP contribution in [0, 0.1) is 5.92 Å². The lowest BCUT2D eigenvalue weighted by Gasteiger charge is -2.28. The minimum absolute atomic E-state index is 0.447. The smallest absolute Gasteiger partial charge is 0.119 e. The van der Waals surface area contributed by atoms with Crippen LogP contribution in [0.15, 0.2) is 24.3 Å². The molecule has 1 N–H and O–H groups in total. The largest absolute Gasteiger partial charge is 0.491 e. The number of hydrogen-bond donors (Lipinski definition) is 1. The highest BCUT2D eigenvalue weighted by molar-refractivity contribution is 5.28. The van der Waals surface area contributed by atoms with E-state index in [4.69, 9.17) is 9.47 Å². The maximum absolute atomic E-state index is 5.98. The molecule has 0 aromatic heterocycles. The molecule has 0 bridgehead atoms. The summed E-state index contributed by atoms with van der Waals surface area (Å²) in [6, 6.07) is 8.24. The van der Waals surface area contributed by atoms with E-state index in [1.54, 1.807) is 0 Å². The third-order valence-electron chi connectivity index (χ3n) is 4.30. The van der Waals surface area contributed by atoms with Gasteiger partial charge in [0.25, 0.3) is 0 Å². The van der Waals surface area contributed by atoms with Crippen molar-refractivity contribution < 1.29 is 9.47 Å². The van der Waals surface area contributed by atoms with Crippen LogP contribution >= 0.6 is 0 Å². The van der Waals surface area contributed by atoms with E-state index in [0.29, 0.717) is 19.3 Å². The quantitative estimate of drug-likeness (QED) is 0.740. The average molecular weight is 291 g/mol. The standard InChI is InChI=1S/C18H29NO2/c1-3-15-6-4-8-17(12-15)20-10-11-21-18-9-5-7-16(13-18)14-19-2/h5,7,9,13,15,17,19H,3-4,6,8,10-12,14H2,1-2H3. The van der Waals surface area contributed by atoms with Gasteiger partial charge < -0.3 is 14.8 Å². The van der Waals surface area contributed by atoms with Crippen molar-refractivity contribution in [1.82, 2.24) is 5.32 Å². The molecule has 1 aliphatic rings. The van der Waals surface area contributed by atoms with E-state index >= 15 is 0 Å². The Kier molecular flexibility index (Phi) is 7.04. The summed E-state index contributed by atoms with van der Waals surface area (Å²) in [7, 11) is 1.95. The zero-order valence-corrected chi connectivity index (χ0v) is 13.4. The number of rotatable bonds is 8. The molecule has 0 heterocycles. The van der Waals surface area contributed by atoms with Crippen LogP contribution in [-0.2, 0) is 11.3 Å². The van der Waals surface area contributed by atoms with Gasteiger partial charge in [-0.1, -0.05) is 38.3 Å². The summed E-state index contributed by atoms with van der Waals surface area (Å²) < 4.78 is 11.8. The molecule has 2 unspecified atom stereocenters. The van der Waals surface area contributed by atoms with Gasteiger partial charge in [-0.25, -0.2) is 0 Å². The summed E-state index contributed by atoms with van der Waals surface area (Å²) in [5, 5.41) is 3.15. The molecule has 1 aromatic rings. The fraction of sp³-hybridized carbons (Fsp3) is 0.667. The summed E-state index contributed by atoms with van der Waals surface area (Å²) >= 11 is 0. The topological polar surface area (TPSA) is 30.5 Å². The lowest BCUT2D eigenvalue weighted by Crippen LogP contribution is -2.24. The Morgan fingerprint density at radius 1 is 1.24 bits per heavy atom. The van der Waals surface area contributed by atoms with E-state index in [9.17, 15) is 0 Å². The van der Waals surface area contributed by atoms with Gasteiger partial charge in [-0.05, 0) is 43.5 Å². The Hall–Kier alpha value is -1.06. The Bertz CT molecular complexity index is 408. The third-order valence-corrected chi connectivity index (χ3v) is 4.30. The molecule has 1 aliphatic carbocycles. The minimum atomic E-state index is 0.447. The van der Waals surface area contributed by atoms with Crippen LogP contribution in [0.2, 0.25) is 0 Å². The van der Waals surface area contributed by atoms with Gasteiger partial charge in [-0.15, -0.1) is 0 Å². The molecular formula is C18H29NO2. The highest BCUT2D eigenvalue weighted by Crippen LogP contribution is 2.28. The van der Waals surface area contributed by atoms with Crippen LogP contribution in [-0.4, -0.2) is 26.4 Å². The van der Waals surface area contributed by atoms with Crippen molar-refractivity contribution in [2.75, 3.05) is 20.3 Å². The van der Waals surface area contributed by atoms with Crippen LogP contribution in [0.4, 0.5) is 0 Å². The summed E-state index contributed by atoms with van der Waals surface area (Å²) in [6.45, 7) is 4.48. The number of nitrogens with one attached hydrogen (secondary N) is 1. The van der Waals surface area contributed by atoms with Gasteiger partial charge >= 0.3 is 0 Å². The first-order valence-electron chi connectivity index (χ1n) is 8.29. The number of ether oxygens (including phenoxy) is 2. The first-order valence-corrected chi connectivity index (χ1v) is 8.29. The maximum Gasteiger partial charge on any atom is 0.119 e. The molecule has 1 fully saturated rings. The van der Waals surface area contributed by atoms with Crippen LogP contribution in [0.1, 0.15) is 44.6 Å². The van der Waals surface area contributed by atoms with Crippen LogP contribution in [0.5, 0.6) is 5.75 Å². The van der Waals surface area contributed by atoms with E-state index < -0.39 is 0 Å². The molecule has 1 aromatic carbocycles. The average Bonchev–Trinajstić information content (AvgIpc) is 2.52. The van der Waals surface area contributed by atoms with Crippen molar-refractivity contribution in [3.05, 3.63) is 29.8 Å². The van der Waals surface area contributed by atoms with Gasteiger partial charge in [0.15, 0.2) is 0 Å². The second kappa shape index (κ2) is 9.06. The first kappa shape index (κ1) is 16.3. The monoisotopic (exact) mass is 291 g/mol. The van der Waals surface area contributed by atoms with Crippen molar-refractivity contribution in [3.63, 3.8) is 0 Å². The van der Waals surface area contributed by atoms with Crippen molar-refractivity contribution in [3.8, 4) is 5.75 Å². The molecule has 21 heavy (non-hydrogen) atoms. The molecule has 0 radical (unpaired) electrons. The molecule has 0 saturated heterocycles. The van der Waals surface area contributed by atoms with E-state index in [1.165, 1.54) is 37.7 Å². The molecule has 0 spiro atoms. The Balaban J connectivity index is 1.66. The zero-order chi connectivity index (χ0) is 14.9. The molecule has 1 saturated carbocycles. The molecule has 3 nitrogen and oxygen atoms in total. The van der Waals surface area contributed by atoms with Crippen molar-refractivity contribution >= 4 is 0 Å². The summed E-state index contributed by atoms with van der Waals surface area (Å²) in [4.78, 5) is 0. The Morgan fingerprint density at radius 2 is 2.14 bits per heavy atom. The lowest BCUT2D eigenvalue weighted by molar-refractivity contribution is -0.000667. The van der Waals surface area contributed by atoms with E-state index in [1.807, 2.05) is 19.2 Å². The third kappa shape index (κ3) is 5.68. The van der Waals surface area contributed by atoms with Gasteiger partial charge in [0.1, 0.15) is 12.4 Å². The second-order valence-electron chi connectivity index (χ2n) is 5.96. The molecule has 2 rings (SSSR count). The van der Waals surface area contributed by atoms with Crippen LogP contribution in [0.25, 0.3) is 0 Å². The van der Waals surface area contributed by atoms with Crippen molar-refractivity contribution in [2.24, 2.45) is 5.92 Å². The number of hydrogen-bond acceptors (Lipinski definition) is 3. The molecule has 3 heteroatoms. The fourth-order valence-electron chi connectivity index (χ4n) is 3.09. The van der Waals surface area contributed by atoms with Crippen molar-refractivity contribution in [2.45, 2.75) is 51.7 Å². The van der Waals surface area contributed by atoms with Crippen LogP contribution in [0.3, 0.4) is 0 Å². The summed E-state index contributed by atoms with van der Waals surface area (Å²) in [5.41, 5.74) is 1.24. The predicted molar refractivity (Wildman–Crippen MR) is 86.7 cm³/mol. The van der Waals surface area contributed by atoms with Gasteiger partial charge in [0.05, 0.1) is 12.7 Å². The highest BCUT2D eigenvalue weighted by atomic mass is 16.5. The maximum atomic E-state index is 5.98. The van der Waals surface area contributed by atoms with Crippen LogP contribution < -0.4 is 10.1 Å². The minimum Gasteiger partial charge on any atom is -0.491 e. The van der Waals surface area contributed by atoms with Gasteiger partial charge in [0.2, 0.25) is 0 Å². The predicted octanol–water partition coefficient (Wildman–Crippen LogP) is 3.77.